The fourth-order valence-electron chi connectivity index (χ4n) is 9.69. The Morgan fingerprint density at radius 3 is 1.05 bits per heavy atom. The average Bonchev–Trinajstić information content (AvgIpc) is 3.38. The molecule has 75 heavy (non-hydrogen) atoms. The highest BCUT2D eigenvalue weighted by Gasteiger charge is 2.22. The normalized spacial score (nSPS) is 12.8. The third-order valence-electron chi connectivity index (χ3n) is 14.7. The van der Waals surface area contributed by atoms with Gasteiger partial charge in [-0.25, -0.2) is 0 Å². The molecule has 2 unspecified atom stereocenters. The maximum atomic E-state index is 12.9. The van der Waals surface area contributed by atoms with Crippen molar-refractivity contribution in [3.63, 3.8) is 0 Å². The van der Waals surface area contributed by atoms with E-state index in [0.29, 0.717) is 17.4 Å². The molecule has 0 fully saturated rings. The van der Waals surface area contributed by atoms with Gasteiger partial charge in [0.2, 0.25) is 0 Å². The number of aliphatic carboxylic acids is 1. The first kappa shape index (κ1) is 72.8. The number of ether oxygens (including phenoxy) is 4. The van der Waals surface area contributed by atoms with Crippen molar-refractivity contribution in [2.75, 3.05) is 47.5 Å². The summed E-state index contributed by atoms with van der Waals surface area (Å²) < 4.78 is 22.8. The molecule has 0 aromatic rings. The maximum absolute atomic E-state index is 12.9. The minimum absolute atomic E-state index is 0.151. The van der Waals surface area contributed by atoms with Crippen molar-refractivity contribution in [1.29, 1.82) is 0 Å². The summed E-state index contributed by atoms with van der Waals surface area (Å²) in [6.07, 6.45) is 66.7. The molecule has 0 aliphatic rings. The number of allylic oxidation sites excluding steroid dienone is 4. The highest BCUT2D eigenvalue weighted by atomic mass is 16.7. The summed E-state index contributed by atoms with van der Waals surface area (Å²) in [4.78, 5) is 37.4. The van der Waals surface area contributed by atoms with E-state index >= 15 is 0 Å². The molecular formula is C66H125NO8. The number of quaternary nitrogens is 1. The first-order valence-corrected chi connectivity index (χ1v) is 32.5. The molecule has 0 aromatic heterocycles. The van der Waals surface area contributed by atoms with Crippen LogP contribution in [0.4, 0.5) is 0 Å². The highest BCUT2D eigenvalue weighted by molar-refractivity contribution is 5.70. The molecule has 0 aromatic carbocycles. The van der Waals surface area contributed by atoms with Gasteiger partial charge in [-0.15, -0.1) is 0 Å². The van der Waals surface area contributed by atoms with Gasteiger partial charge in [0.15, 0.2) is 12.4 Å². The molecule has 0 heterocycles. The van der Waals surface area contributed by atoms with E-state index in [1.165, 1.54) is 250 Å². The van der Waals surface area contributed by atoms with Crippen LogP contribution in [0.15, 0.2) is 24.3 Å². The van der Waals surface area contributed by atoms with Gasteiger partial charge in [-0.1, -0.05) is 289 Å². The predicted molar refractivity (Wildman–Crippen MR) is 316 cm³/mol. The number of hydrogen-bond donors (Lipinski definition) is 0. The van der Waals surface area contributed by atoms with Crippen LogP contribution in [0, 0.1) is 0 Å². The Hall–Kier alpha value is -2.23. The Morgan fingerprint density at radius 1 is 0.400 bits per heavy atom. The van der Waals surface area contributed by atoms with Gasteiger partial charge in [-0.3, -0.25) is 9.59 Å². The van der Waals surface area contributed by atoms with Crippen molar-refractivity contribution in [3.05, 3.63) is 24.3 Å². The van der Waals surface area contributed by atoms with Crippen LogP contribution in [0.1, 0.15) is 322 Å². The molecule has 9 heteroatoms. The standard InChI is InChI=1S/C66H125NO8/c1-6-8-10-12-14-16-18-20-22-24-26-28-30-31-32-33-35-37-39-41-43-45-47-49-51-53-55-57-64(69)75-62(61-74-66(65(70)71)72-59-58-67(3,4)5)60-73-63(68)56-54-52-50-48-46-44-42-40-38-36-34-29-27-25-23-21-19-17-15-13-11-9-7-2/h18,20,24,26,62,66H,6-17,19,21-23,25,27-61H2,1-5H3/b20-18-,26-24-. The van der Waals surface area contributed by atoms with E-state index in [0.717, 1.165) is 44.9 Å². The van der Waals surface area contributed by atoms with E-state index in [1.807, 2.05) is 21.1 Å². The van der Waals surface area contributed by atoms with Crippen LogP contribution in [-0.2, 0) is 33.3 Å². The van der Waals surface area contributed by atoms with Gasteiger partial charge >= 0.3 is 11.9 Å². The number of likely N-dealkylation sites (N-methyl/N-ethyl adjacent to an activating group) is 1. The third-order valence-corrected chi connectivity index (χ3v) is 14.7. The number of esters is 2. The molecule has 0 aliphatic carbocycles. The predicted octanol–water partition coefficient (Wildman–Crippen LogP) is 18.1. The molecule has 0 rings (SSSR count). The largest absolute Gasteiger partial charge is 0.545 e. The molecular weight excluding hydrogens is 935 g/mol. The van der Waals surface area contributed by atoms with E-state index < -0.39 is 24.3 Å². The Morgan fingerprint density at radius 2 is 0.720 bits per heavy atom. The summed E-state index contributed by atoms with van der Waals surface area (Å²) >= 11 is 0. The SMILES string of the molecule is CCCCCCC/C=C\C/C=C\CCCCCCCCCCCCCCCCCC(=O)OC(COC(=O)CCCCCCCCCCCCCCCCCCCCCCCCC)COC(OCC[N+](C)(C)C)C(=O)[O-]. The van der Waals surface area contributed by atoms with Gasteiger partial charge in [0.1, 0.15) is 13.2 Å². The van der Waals surface area contributed by atoms with Crippen molar-refractivity contribution in [1.82, 2.24) is 0 Å². The zero-order valence-electron chi connectivity index (χ0n) is 50.4. The van der Waals surface area contributed by atoms with Crippen LogP contribution < -0.4 is 5.11 Å². The lowest BCUT2D eigenvalue weighted by molar-refractivity contribution is -0.870. The topological polar surface area (TPSA) is 111 Å². The van der Waals surface area contributed by atoms with Gasteiger partial charge in [-0.2, -0.15) is 0 Å². The Kier molecular flexibility index (Phi) is 56.2. The van der Waals surface area contributed by atoms with E-state index in [9.17, 15) is 19.5 Å². The van der Waals surface area contributed by atoms with Crippen LogP contribution in [0.25, 0.3) is 0 Å². The third kappa shape index (κ3) is 59.3. The molecule has 2 atom stereocenters. The zero-order valence-corrected chi connectivity index (χ0v) is 50.4. The summed E-state index contributed by atoms with van der Waals surface area (Å²) in [6, 6.07) is 0. The number of rotatable bonds is 61. The number of carbonyl (C=O) groups is 3. The smallest absolute Gasteiger partial charge is 0.306 e. The molecule has 0 amide bonds. The molecule has 0 saturated carbocycles. The molecule has 442 valence electrons. The summed E-state index contributed by atoms with van der Waals surface area (Å²) in [7, 11) is 5.94. The summed E-state index contributed by atoms with van der Waals surface area (Å²) in [6.45, 7) is 4.80. The van der Waals surface area contributed by atoms with Crippen molar-refractivity contribution in [2.45, 2.75) is 334 Å². The van der Waals surface area contributed by atoms with Crippen LogP contribution in [0.2, 0.25) is 0 Å². The molecule has 0 saturated heterocycles. The van der Waals surface area contributed by atoms with E-state index in [4.69, 9.17) is 18.9 Å². The molecule has 0 N–H and O–H groups in total. The lowest BCUT2D eigenvalue weighted by atomic mass is 10.0. The molecule has 0 bridgehead atoms. The van der Waals surface area contributed by atoms with E-state index in [2.05, 4.69) is 38.2 Å². The first-order chi connectivity index (χ1) is 36.6. The van der Waals surface area contributed by atoms with Crippen molar-refractivity contribution in [2.24, 2.45) is 0 Å². The summed E-state index contributed by atoms with van der Waals surface area (Å²) in [5.41, 5.74) is 0. The van der Waals surface area contributed by atoms with Crippen molar-refractivity contribution < 1.29 is 42.9 Å². The minimum Gasteiger partial charge on any atom is -0.545 e. The first-order valence-electron chi connectivity index (χ1n) is 32.5. The van der Waals surface area contributed by atoms with Gasteiger partial charge < -0.3 is 33.3 Å². The van der Waals surface area contributed by atoms with Gasteiger partial charge in [0.05, 0.1) is 40.3 Å². The molecule has 9 nitrogen and oxygen atoms in total. The molecule has 0 spiro atoms. The number of unbranched alkanes of at least 4 members (excludes halogenated alkanes) is 42. The lowest BCUT2D eigenvalue weighted by Gasteiger charge is -2.26. The average molecular weight is 1060 g/mol. The van der Waals surface area contributed by atoms with E-state index in [-0.39, 0.29) is 32.2 Å². The number of carboxylic acids is 1. The van der Waals surface area contributed by atoms with Crippen LogP contribution in [0.5, 0.6) is 0 Å². The Bertz CT molecular complexity index is 1280. The van der Waals surface area contributed by atoms with Gasteiger partial charge in [0, 0.05) is 12.8 Å². The van der Waals surface area contributed by atoms with E-state index in [1.54, 1.807) is 0 Å². The maximum Gasteiger partial charge on any atom is 0.306 e. The number of carboxylic acid groups (broad SMARTS) is 1. The van der Waals surface area contributed by atoms with Crippen molar-refractivity contribution >= 4 is 17.9 Å². The van der Waals surface area contributed by atoms with Crippen LogP contribution >= 0.6 is 0 Å². The second-order valence-electron chi connectivity index (χ2n) is 23.4. The zero-order chi connectivity index (χ0) is 54.8. The monoisotopic (exact) mass is 1060 g/mol. The second-order valence-corrected chi connectivity index (χ2v) is 23.4. The summed E-state index contributed by atoms with van der Waals surface area (Å²) in [5.74, 6) is -2.26. The van der Waals surface area contributed by atoms with Crippen LogP contribution in [-0.4, -0.2) is 82.3 Å². The Labute approximate surface area is 465 Å². The highest BCUT2D eigenvalue weighted by Crippen LogP contribution is 2.18. The Balaban J connectivity index is 4.13. The second kappa shape index (κ2) is 57.9. The molecule has 0 radical (unpaired) electrons. The number of hydrogen-bond acceptors (Lipinski definition) is 8. The number of nitrogens with zero attached hydrogens (tertiary/aromatic N) is 1. The van der Waals surface area contributed by atoms with Crippen LogP contribution in [0.3, 0.4) is 0 Å². The summed E-state index contributed by atoms with van der Waals surface area (Å²) in [5, 5.41) is 11.8. The van der Waals surface area contributed by atoms with Crippen molar-refractivity contribution in [3.8, 4) is 0 Å². The van der Waals surface area contributed by atoms with Gasteiger partial charge in [0.25, 0.3) is 0 Å². The fourth-order valence-corrected chi connectivity index (χ4v) is 9.69. The lowest BCUT2D eigenvalue weighted by Crippen LogP contribution is -2.44. The molecule has 0 aliphatic heterocycles. The number of carbonyl (C=O) groups excluding carboxylic acids is 3. The van der Waals surface area contributed by atoms with Gasteiger partial charge in [-0.05, 0) is 44.9 Å². The quantitative estimate of drug-likeness (QED) is 0.0195. The fraction of sp³-hybridized carbons (Fsp3) is 0.894. The minimum atomic E-state index is -1.62.